The van der Waals surface area contributed by atoms with Crippen molar-refractivity contribution >= 4 is 35.4 Å². The van der Waals surface area contributed by atoms with Gasteiger partial charge in [-0.15, -0.1) is 28.6 Å². The van der Waals surface area contributed by atoms with E-state index in [0.29, 0.717) is 28.4 Å². The Morgan fingerprint density at radius 2 is 1.45 bits per heavy atom. The molecule has 29 heavy (non-hydrogen) atoms. The monoisotopic (exact) mass is 427 g/mol. The number of aromatic nitrogens is 2. The van der Waals surface area contributed by atoms with Crippen molar-refractivity contribution < 1.29 is 9.21 Å². The standard InChI is InChI=1S/C22H25N3O2S2/c1-14(2)28-18-9-5-16(6-10-18)13-20-24-25-22(27-20)23-21(26)17-7-11-19(12-8-17)29-15(3)4/h5-12,14-15H,13H2,1-4H3,(H,23,25,26). The van der Waals surface area contributed by atoms with E-state index in [1.807, 2.05) is 23.9 Å². The molecule has 0 saturated heterocycles. The van der Waals surface area contributed by atoms with Gasteiger partial charge in [0.25, 0.3) is 5.91 Å². The van der Waals surface area contributed by atoms with Crippen LogP contribution in [0.3, 0.4) is 0 Å². The fourth-order valence-electron chi connectivity index (χ4n) is 2.63. The maximum absolute atomic E-state index is 12.4. The molecular weight excluding hydrogens is 402 g/mol. The zero-order valence-corrected chi connectivity index (χ0v) is 18.6. The Morgan fingerprint density at radius 1 is 0.897 bits per heavy atom. The van der Waals surface area contributed by atoms with E-state index < -0.39 is 0 Å². The smallest absolute Gasteiger partial charge is 0.322 e. The van der Waals surface area contributed by atoms with Gasteiger partial charge in [0.2, 0.25) is 5.89 Å². The maximum atomic E-state index is 12.4. The average molecular weight is 428 g/mol. The highest BCUT2D eigenvalue weighted by Crippen LogP contribution is 2.24. The number of carbonyl (C=O) groups is 1. The van der Waals surface area contributed by atoms with Crippen molar-refractivity contribution in [1.29, 1.82) is 0 Å². The van der Waals surface area contributed by atoms with Gasteiger partial charge in [-0.2, -0.15) is 0 Å². The van der Waals surface area contributed by atoms with Crippen LogP contribution in [0.5, 0.6) is 0 Å². The van der Waals surface area contributed by atoms with E-state index >= 15 is 0 Å². The predicted octanol–water partition coefficient (Wildman–Crippen LogP) is 5.91. The molecule has 0 bridgehead atoms. The minimum atomic E-state index is -0.267. The Balaban J connectivity index is 1.57. The molecule has 1 amide bonds. The van der Waals surface area contributed by atoms with Crippen molar-refractivity contribution in [2.45, 2.75) is 54.4 Å². The van der Waals surface area contributed by atoms with Crippen LogP contribution in [-0.2, 0) is 6.42 Å². The molecule has 1 aromatic heterocycles. The van der Waals surface area contributed by atoms with Gasteiger partial charge in [-0.05, 0) is 42.0 Å². The van der Waals surface area contributed by atoms with Crippen LogP contribution in [0.4, 0.5) is 6.01 Å². The first-order valence-corrected chi connectivity index (χ1v) is 11.3. The van der Waals surface area contributed by atoms with Gasteiger partial charge < -0.3 is 4.42 Å². The number of nitrogens with zero attached hydrogens (tertiary/aromatic N) is 2. The number of carbonyl (C=O) groups excluding carboxylic acids is 1. The van der Waals surface area contributed by atoms with E-state index in [1.165, 1.54) is 4.90 Å². The molecule has 2 aromatic carbocycles. The molecule has 3 aromatic rings. The number of thioether (sulfide) groups is 2. The first-order valence-electron chi connectivity index (χ1n) is 9.55. The summed E-state index contributed by atoms with van der Waals surface area (Å²) in [6.07, 6.45) is 0.524. The molecule has 5 nitrogen and oxygen atoms in total. The summed E-state index contributed by atoms with van der Waals surface area (Å²) in [7, 11) is 0. The van der Waals surface area contributed by atoms with Crippen LogP contribution in [0.25, 0.3) is 0 Å². The third-order valence-corrected chi connectivity index (χ3v) is 5.86. The van der Waals surface area contributed by atoms with Crippen molar-refractivity contribution in [1.82, 2.24) is 10.2 Å². The van der Waals surface area contributed by atoms with Gasteiger partial charge in [-0.3, -0.25) is 10.1 Å². The summed E-state index contributed by atoms with van der Waals surface area (Å²) in [5.74, 6) is 0.199. The molecule has 0 atom stereocenters. The first-order chi connectivity index (χ1) is 13.9. The molecule has 0 aliphatic rings. The normalized spacial score (nSPS) is 11.2. The topological polar surface area (TPSA) is 68.0 Å². The van der Waals surface area contributed by atoms with E-state index in [9.17, 15) is 4.79 Å². The molecule has 3 rings (SSSR count). The van der Waals surface area contributed by atoms with Crippen LogP contribution in [-0.4, -0.2) is 26.6 Å². The van der Waals surface area contributed by atoms with Crippen LogP contribution in [0.15, 0.2) is 62.7 Å². The highest BCUT2D eigenvalue weighted by atomic mass is 32.2. The van der Waals surface area contributed by atoms with Gasteiger partial charge >= 0.3 is 6.01 Å². The molecule has 1 N–H and O–H groups in total. The zero-order chi connectivity index (χ0) is 20.8. The summed E-state index contributed by atoms with van der Waals surface area (Å²) >= 11 is 3.58. The van der Waals surface area contributed by atoms with E-state index in [-0.39, 0.29) is 11.9 Å². The van der Waals surface area contributed by atoms with Crippen molar-refractivity contribution in [2.24, 2.45) is 0 Å². The second kappa shape index (κ2) is 9.98. The summed E-state index contributed by atoms with van der Waals surface area (Å²) in [5, 5.41) is 11.7. The van der Waals surface area contributed by atoms with E-state index in [2.05, 4.69) is 67.5 Å². The van der Waals surface area contributed by atoms with Crippen molar-refractivity contribution in [3.63, 3.8) is 0 Å². The summed E-state index contributed by atoms with van der Waals surface area (Å²) in [5.41, 5.74) is 1.63. The number of nitrogens with one attached hydrogen (secondary N) is 1. The van der Waals surface area contributed by atoms with Gasteiger partial charge in [-0.1, -0.05) is 44.9 Å². The molecule has 0 fully saturated rings. The highest BCUT2D eigenvalue weighted by Gasteiger charge is 2.12. The van der Waals surface area contributed by atoms with Crippen molar-refractivity contribution in [3.8, 4) is 0 Å². The lowest BCUT2D eigenvalue weighted by Gasteiger charge is -2.06. The fourth-order valence-corrected chi connectivity index (χ4v) is 4.31. The summed E-state index contributed by atoms with van der Waals surface area (Å²) < 4.78 is 5.59. The van der Waals surface area contributed by atoms with E-state index in [0.717, 1.165) is 10.5 Å². The average Bonchev–Trinajstić information content (AvgIpc) is 3.10. The SMILES string of the molecule is CC(C)Sc1ccc(Cc2nnc(NC(=O)c3ccc(SC(C)C)cc3)o2)cc1. The molecular formula is C22H25N3O2S2. The number of rotatable bonds is 8. The van der Waals surface area contributed by atoms with Gasteiger partial charge in [-0.25, -0.2) is 0 Å². The van der Waals surface area contributed by atoms with Crippen LogP contribution >= 0.6 is 23.5 Å². The second-order valence-corrected chi connectivity index (χ2v) is 10.4. The van der Waals surface area contributed by atoms with Crippen LogP contribution in [0, 0.1) is 0 Å². The number of hydrogen-bond donors (Lipinski definition) is 1. The fraction of sp³-hybridized carbons (Fsp3) is 0.318. The summed E-state index contributed by atoms with van der Waals surface area (Å²) in [4.78, 5) is 14.8. The van der Waals surface area contributed by atoms with Gasteiger partial charge in [0.1, 0.15) is 0 Å². The number of amides is 1. The Kier molecular flexibility index (Phi) is 7.39. The second-order valence-electron chi connectivity index (χ2n) is 7.13. The zero-order valence-electron chi connectivity index (χ0n) is 17.0. The lowest BCUT2D eigenvalue weighted by atomic mass is 10.1. The predicted molar refractivity (Wildman–Crippen MR) is 120 cm³/mol. The Bertz CT molecular complexity index is 935. The maximum Gasteiger partial charge on any atom is 0.322 e. The Morgan fingerprint density at radius 3 is 2.00 bits per heavy atom. The largest absolute Gasteiger partial charge is 0.407 e. The third kappa shape index (κ3) is 6.65. The quantitative estimate of drug-likeness (QED) is 0.451. The molecule has 0 saturated carbocycles. The van der Waals surface area contributed by atoms with Gasteiger partial charge in [0.15, 0.2) is 0 Å². The molecule has 0 aliphatic carbocycles. The minimum Gasteiger partial charge on any atom is -0.407 e. The van der Waals surface area contributed by atoms with Gasteiger partial charge in [0.05, 0.1) is 6.42 Å². The first kappa shape index (κ1) is 21.5. The highest BCUT2D eigenvalue weighted by molar-refractivity contribution is 8.00. The van der Waals surface area contributed by atoms with E-state index in [1.54, 1.807) is 23.9 Å². The molecule has 0 radical (unpaired) electrons. The summed E-state index contributed by atoms with van der Waals surface area (Å²) in [6.45, 7) is 8.62. The van der Waals surface area contributed by atoms with Crippen molar-refractivity contribution in [2.75, 3.05) is 5.32 Å². The van der Waals surface area contributed by atoms with Crippen LogP contribution < -0.4 is 5.32 Å². The molecule has 7 heteroatoms. The lowest BCUT2D eigenvalue weighted by Crippen LogP contribution is -2.12. The number of anilines is 1. The Labute approximate surface area is 180 Å². The molecule has 0 spiro atoms. The summed E-state index contributed by atoms with van der Waals surface area (Å²) in [6, 6.07) is 15.9. The van der Waals surface area contributed by atoms with Crippen LogP contribution in [0.1, 0.15) is 49.5 Å². The number of benzene rings is 2. The Hall–Kier alpha value is -2.25. The minimum absolute atomic E-state index is 0.109. The van der Waals surface area contributed by atoms with Gasteiger partial charge in [0, 0.05) is 25.9 Å². The number of hydrogen-bond acceptors (Lipinski definition) is 6. The van der Waals surface area contributed by atoms with Crippen molar-refractivity contribution in [3.05, 3.63) is 65.5 Å². The lowest BCUT2D eigenvalue weighted by molar-refractivity contribution is 0.102. The van der Waals surface area contributed by atoms with E-state index in [4.69, 9.17) is 4.42 Å². The molecule has 152 valence electrons. The third-order valence-electron chi connectivity index (χ3n) is 3.83. The molecule has 0 unspecified atom stereocenters. The van der Waals surface area contributed by atoms with Crippen LogP contribution in [0.2, 0.25) is 0 Å². The molecule has 1 heterocycles. The molecule has 0 aliphatic heterocycles.